The van der Waals surface area contributed by atoms with Crippen LogP contribution in [0.25, 0.3) is 0 Å². The summed E-state index contributed by atoms with van der Waals surface area (Å²) in [6.07, 6.45) is 2.12. The monoisotopic (exact) mass is 433 g/mol. The summed E-state index contributed by atoms with van der Waals surface area (Å²) in [5.74, 6) is -0.636. The SMILES string of the molecule is C[N+]1(CC(=O)[O-])[C@@H]2CC(OC(=O)C(O)(c3cccs3)c3cccs3)C[C@H]1[C@@H]1C[C@@H]12. The van der Waals surface area contributed by atoms with Gasteiger partial charge in [-0.3, -0.25) is 0 Å². The maximum Gasteiger partial charge on any atom is 0.349 e. The first-order chi connectivity index (χ1) is 13.8. The summed E-state index contributed by atoms with van der Waals surface area (Å²) < 4.78 is 6.40. The van der Waals surface area contributed by atoms with Crippen molar-refractivity contribution < 1.29 is 29.0 Å². The zero-order valence-electron chi connectivity index (χ0n) is 16.0. The molecular weight excluding hydrogens is 410 g/mol. The molecule has 1 N–H and O–H groups in total. The summed E-state index contributed by atoms with van der Waals surface area (Å²) in [5, 5.41) is 26.4. The molecule has 3 aliphatic rings. The fraction of sp³-hybridized carbons (Fsp3) is 0.524. The molecule has 154 valence electrons. The number of ether oxygens (including phenoxy) is 1. The lowest BCUT2D eigenvalue weighted by Gasteiger charge is -2.49. The van der Waals surface area contributed by atoms with E-state index in [1.54, 1.807) is 12.1 Å². The third kappa shape index (κ3) is 2.88. The maximum absolute atomic E-state index is 13.2. The maximum atomic E-state index is 13.2. The molecule has 1 saturated carbocycles. The third-order valence-electron chi connectivity index (χ3n) is 7.20. The predicted octanol–water partition coefficient (Wildman–Crippen LogP) is 1.33. The molecule has 0 radical (unpaired) electrons. The topological polar surface area (TPSA) is 86.7 Å². The van der Waals surface area contributed by atoms with Crippen molar-refractivity contribution in [3.05, 3.63) is 44.8 Å². The number of hydrogen-bond acceptors (Lipinski definition) is 7. The number of aliphatic hydroxyl groups is 1. The molecule has 8 heteroatoms. The van der Waals surface area contributed by atoms with Crippen LogP contribution in [0.4, 0.5) is 0 Å². The molecular formula is C21H23NO5S2. The number of nitrogens with zero attached hydrogens (tertiary/aromatic N) is 1. The van der Waals surface area contributed by atoms with E-state index in [0.717, 1.165) is 6.42 Å². The van der Waals surface area contributed by atoms with Crippen LogP contribution in [-0.2, 0) is 19.9 Å². The highest BCUT2D eigenvalue weighted by molar-refractivity contribution is 7.12. The first-order valence-electron chi connectivity index (χ1n) is 9.90. The van der Waals surface area contributed by atoms with Crippen molar-refractivity contribution in [1.29, 1.82) is 0 Å². The number of carbonyl (C=O) groups excluding carboxylic acids is 2. The Morgan fingerprint density at radius 2 is 1.69 bits per heavy atom. The van der Waals surface area contributed by atoms with E-state index in [2.05, 4.69) is 0 Å². The Morgan fingerprint density at radius 3 is 2.14 bits per heavy atom. The van der Waals surface area contributed by atoms with E-state index < -0.39 is 17.5 Å². The predicted molar refractivity (Wildman–Crippen MR) is 106 cm³/mol. The number of carboxylic acid groups (broad SMARTS) is 1. The van der Waals surface area contributed by atoms with Gasteiger partial charge in [-0.05, 0) is 29.3 Å². The molecule has 3 fully saturated rings. The molecule has 2 unspecified atom stereocenters. The number of rotatable bonds is 6. The van der Waals surface area contributed by atoms with Gasteiger partial charge in [0.1, 0.15) is 12.6 Å². The molecule has 2 aromatic rings. The molecule has 6 nitrogen and oxygen atoms in total. The Labute approximate surface area is 176 Å². The molecule has 29 heavy (non-hydrogen) atoms. The Morgan fingerprint density at radius 1 is 1.14 bits per heavy atom. The van der Waals surface area contributed by atoms with Crippen LogP contribution in [0, 0.1) is 11.8 Å². The lowest BCUT2D eigenvalue weighted by atomic mass is 9.91. The van der Waals surface area contributed by atoms with E-state index in [0.29, 0.717) is 38.9 Å². The standard InChI is InChI=1S/C21H23NO5S2/c1-22(11-19(23)24)15-8-12(9-16(22)14-10-13(14)15)27-20(25)21(26,17-4-2-6-28-17)18-5-3-7-29-18/h2-7,12-16,26H,8-11H2,1H3/t12?,13-,14+,15+,16-,22?. The number of thiophene rings is 2. The molecule has 1 aliphatic carbocycles. The number of hydrogen-bond donors (Lipinski definition) is 1. The Balaban J connectivity index is 1.37. The van der Waals surface area contributed by atoms with Crippen molar-refractivity contribution in [2.24, 2.45) is 11.8 Å². The van der Waals surface area contributed by atoms with Crippen molar-refractivity contribution in [3.63, 3.8) is 0 Å². The fourth-order valence-electron chi connectivity index (χ4n) is 5.84. The second-order valence-corrected chi connectivity index (χ2v) is 10.6. The summed E-state index contributed by atoms with van der Waals surface area (Å²) in [7, 11) is 2.00. The van der Waals surface area contributed by atoms with E-state index in [1.165, 1.54) is 22.7 Å². The molecule has 2 bridgehead atoms. The average molecular weight is 434 g/mol. The molecule has 5 rings (SSSR count). The Kier molecular flexibility index (Phi) is 4.40. The van der Waals surface area contributed by atoms with Gasteiger partial charge in [0.25, 0.3) is 0 Å². The van der Waals surface area contributed by atoms with Crippen LogP contribution < -0.4 is 5.11 Å². The molecule has 2 aliphatic heterocycles. The van der Waals surface area contributed by atoms with Gasteiger partial charge >= 0.3 is 5.97 Å². The number of carboxylic acids is 1. The van der Waals surface area contributed by atoms with E-state index >= 15 is 0 Å². The minimum absolute atomic E-state index is 0.0112. The molecule has 4 heterocycles. The Bertz CT molecular complexity index is 873. The summed E-state index contributed by atoms with van der Waals surface area (Å²) in [6, 6.07) is 7.46. The number of likely N-dealkylation sites (N-methyl/N-ethyl adjacent to an activating group) is 1. The highest BCUT2D eigenvalue weighted by Crippen LogP contribution is 2.61. The zero-order chi connectivity index (χ0) is 20.4. The van der Waals surface area contributed by atoms with Crippen LogP contribution in [-0.4, -0.2) is 53.3 Å². The highest BCUT2D eigenvalue weighted by Gasteiger charge is 2.70. The number of carbonyl (C=O) groups is 2. The Hall–Kier alpha value is -1.74. The average Bonchev–Trinajstić information content (AvgIpc) is 3.03. The van der Waals surface area contributed by atoms with E-state index in [9.17, 15) is 19.8 Å². The van der Waals surface area contributed by atoms with Gasteiger partial charge in [0.15, 0.2) is 0 Å². The largest absolute Gasteiger partial charge is 0.544 e. The van der Waals surface area contributed by atoms with Crippen LogP contribution in [0.2, 0.25) is 0 Å². The summed E-state index contributed by atoms with van der Waals surface area (Å²) in [6.45, 7) is 0.0112. The van der Waals surface area contributed by atoms with Gasteiger partial charge in [0, 0.05) is 24.7 Å². The minimum atomic E-state index is -1.80. The lowest BCUT2D eigenvalue weighted by molar-refractivity contribution is -0.949. The van der Waals surface area contributed by atoms with Gasteiger partial charge in [0.05, 0.1) is 34.9 Å². The highest BCUT2D eigenvalue weighted by atomic mass is 32.1. The van der Waals surface area contributed by atoms with Gasteiger partial charge in [-0.15, -0.1) is 22.7 Å². The smallest absolute Gasteiger partial charge is 0.349 e. The van der Waals surface area contributed by atoms with Gasteiger partial charge in [-0.25, -0.2) is 4.79 Å². The molecule has 2 saturated heterocycles. The van der Waals surface area contributed by atoms with Crippen LogP contribution in [0.3, 0.4) is 0 Å². The fourth-order valence-corrected chi connectivity index (χ4v) is 7.56. The zero-order valence-corrected chi connectivity index (χ0v) is 17.7. The van der Waals surface area contributed by atoms with Crippen LogP contribution in [0.15, 0.2) is 35.0 Å². The van der Waals surface area contributed by atoms with Gasteiger partial charge in [-0.2, -0.15) is 0 Å². The van der Waals surface area contributed by atoms with Gasteiger partial charge in [-0.1, -0.05) is 12.1 Å². The van der Waals surface area contributed by atoms with Crippen LogP contribution in [0.1, 0.15) is 29.0 Å². The van der Waals surface area contributed by atoms with Crippen LogP contribution >= 0.6 is 22.7 Å². The summed E-state index contributed by atoms with van der Waals surface area (Å²) in [5.41, 5.74) is -1.80. The van der Waals surface area contributed by atoms with Crippen molar-refractivity contribution in [1.82, 2.24) is 0 Å². The van der Waals surface area contributed by atoms with E-state index in [1.807, 2.05) is 29.9 Å². The number of quaternary nitrogens is 1. The van der Waals surface area contributed by atoms with E-state index in [4.69, 9.17) is 4.74 Å². The number of aliphatic carboxylic acids is 1. The first-order valence-corrected chi connectivity index (χ1v) is 11.7. The van der Waals surface area contributed by atoms with Gasteiger partial charge < -0.3 is 24.2 Å². The van der Waals surface area contributed by atoms with E-state index in [-0.39, 0.29) is 24.7 Å². The number of esters is 1. The first kappa shape index (κ1) is 19.2. The quantitative estimate of drug-likeness (QED) is 0.549. The summed E-state index contributed by atoms with van der Waals surface area (Å²) >= 11 is 2.65. The lowest BCUT2D eigenvalue weighted by Crippen LogP contribution is -2.64. The molecule has 0 aromatic carbocycles. The third-order valence-corrected chi connectivity index (χ3v) is 9.16. The van der Waals surface area contributed by atoms with Crippen molar-refractivity contribution in [3.8, 4) is 0 Å². The van der Waals surface area contributed by atoms with Gasteiger partial charge in [0.2, 0.25) is 5.60 Å². The number of piperidine rings is 2. The van der Waals surface area contributed by atoms with Crippen LogP contribution in [0.5, 0.6) is 0 Å². The summed E-state index contributed by atoms with van der Waals surface area (Å²) in [4.78, 5) is 25.6. The molecule has 2 aromatic heterocycles. The molecule has 6 atom stereocenters. The van der Waals surface area contributed by atoms with Crippen molar-refractivity contribution >= 4 is 34.6 Å². The normalized spacial score (nSPS) is 35.2. The second kappa shape index (κ2) is 6.63. The number of fused-ring (bicyclic) bond motifs is 5. The van der Waals surface area contributed by atoms with Crippen molar-refractivity contribution in [2.75, 3.05) is 13.6 Å². The molecule has 0 spiro atoms. The molecule has 0 amide bonds. The minimum Gasteiger partial charge on any atom is -0.544 e. The van der Waals surface area contributed by atoms with Crippen molar-refractivity contribution in [2.45, 2.75) is 43.1 Å². The second-order valence-electron chi connectivity index (χ2n) is 8.74.